The van der Waals surface area contributed by atoms with Crippen LogP contribution in [0.3, 0.4) is 0 Å². The van der Waals surface area contributed by atoms with Gasteiger partial charge >= 0.3 is 173 Å². The number of hydrogen-bond donors (Lipinski definition) is 0. The second kappa shape index (κ2) is 6.41. The summed E-state index contributed by atoms with van der Waals surface area (Å²) >= 11 is -3.37. The van der Waals surface area contributed by atoms with Gasteiger partial charge in [0.2, 0.25) is 0 Å². The van der Waals surface area contributed by atoms with Gasteiger partial charge in [0, 0.05) is 0 Å². The van der Waals surface area contributed by atoms with Crippen LogP contribution in [-0.4, -0.2) is 6.88 Å². The Labute approximate surface area is 172 Å². The molecule has 28 heavy (non-hydrogen) atoms. The summed E-state index contributed by atoms with van der Waals surface area (Å²) in [7, 11) is 0. The van der Waals surface area contributed by atoms with E-state index in [0.717, 1.165) is 5.76 Å². The summed E-state index contributed by atoms with van der Waals surface area (Å²) in [6, 6.07) is 13.2. The van der Waals surface area contributed by atoms with Gasteiger partial charge in [-0.25, -0.2) is 0 Å². The summed E-state index contributed by atoms with van der Waals surface area (Å²) in [6.07, 6.45) is 1.80. The number of allylic oxidation sites excluding steroid dienone is 5. The van der Waals surface area contributed by atoms with Crippen LogP contribution in [0.25, 0.3) is 5.57 Å². The molecule has 0 amide bonds. The molecule has 1 heterocycles. The molecule has 1 aromatic carbocycles. The minimum atomic E-state index is -3.37. The number of hydrogen-bond acceptors (Lipinski definition) is 1. The van der Waals surface area contributed by atoms with Crippen molar-refractivity contribution in [1.82, 2.24) is 0 Å². The van der Waals surface area contributed by atoms with Gasteiger partial charge in [-0.1, -0.05) is 0 Å². The van der Waals surface area contributed by atoms with Crippen LogP contribution in [0.4, 0.5) is 0 Å². The molecule has 0 saturated heterocycles. The maximum absolute atomic E-state index is 5.89. The van der Waals surface area contributed by atoms with E-state index >= 15 is 0 Å². The fourth-order valence-corrected chi connectivity index (χ4v) is 28.0. The van der Waals surface area contributed by atoms with Crippen LogP contribution in [0.1, 0.15) is 55.1 Å². The molecule has 0 saturated carbocycles. The van der Waals surface area contributed by atoms with Crippen LogP contribution in [0, 0.1) is 5.92 Å². The summed E-state index contributed by atoms with van der Waals surface area (Å²) in [5, 5.41) is 0. The molecule has 146 valence electrons. The Balaban J connectivity index is 2.00. The van der Waals surface area contributed by atoms with Crippen molar-refractivity contribution < 1.29 is 21.8 Å². The molecule has 2 aromatic rings. The number of fused-ring (bicyclic) bond motifs is 1. The van der Waals surface area contributed by atoms with Crippen molar-refractivity contribution in [2.75, 3.05) is 0 Å². The Morgan fingerprint density at radius 2 is 1.57 bits per heavy atom. The topological polar surface area (TPSA) is 13.1 Å². The summed E-state index contributed by atoms with van der Waals surface area (Å²) in [5.41, 5.74) is 10.4. The van der Waals surface area contributed by atoms with Gasteiger partial charge in [-0.15, -0.1) is 0 Å². The zero-order valence-electron chi connectivity index (χ0n) is 18.3. The van der Waals surface area contributed by atoms with Crippen molar-refractivity contribution in [3.8, 4) is 0 Å². The molecule has 1 nitrogen and oxygen atoms in total. The van der Waals surface area contributed by atoms with E-state index in [4.69, 9.17) is 4.42 Å². The fraction of sp³-hybridized carbons (Fsp3) is 0.360. The van der Waals surface area contributed by atoms with Gasteiger partial charge in [-0.2, -0.15) is 0 Å². The van der Waals surface area contributed by atoms with Crippen molar-refractivity contribution in [1.29, 1.82) is 0 Å². The van der Waals surface area contributed by atoms with E-state index < -0.39 is 17.4 Å². The molecule has 2 unspecified atom stereocenters. The molecule has 0 spiro atoms. The molecule has 0 aliphatic heterocycles. The predicted octanol–water partition coefficient (Wildman–Crippen LogP) is 6.75. The molecule has 0 fully saturated rings. The van der Waals surface area contributed by atoms with Crippen LogP contribution in [0.5, 0.6) is 0 Å². The van der Waals surface area contributed by atoms with E-state index in [1.807, 2.05) is 6.07 Å². The first-order chi connectivity index (χ1) is 13.0. The zero-order chi connectivity index (χ0) is 20.5. The van der Waals surface area contributed by atoms with Gasteiger partial charge in [0.15, 0.2) is 0 Å². The van der Waals surface area contributed by atoms with E-state index in [1.54, 1.807) is 20.7 Å². The van der Waals surface area contributed by atoms with Crippen molar-refractivity contribution >= 4 is 12.5 Å². The van der Waals surface area contributed by atoms with Crippen molar-refractivity contribution in [3.63, 3.8) is 0 Å². The summed E-state index contributed by atoms with van der Waals surface area (Å²) in [6.45, 7) is 14.2. The molecule has 2 atom stereocenters. The van der Waals surface area contributed by atoms with Gasteiger partial charge in [-0.3, -0.25) is 0 Å². The second-order valence-electron chi connectivity index (χ2n) is 9.93. The maximum atomic E-state index is 5.89. The molecule has 3 heteroatoms. The second-order valence-corrected chi connectivity index (χ2v) is 39.4. The van der Waals surface area contributed by atoms with Gasteiger partial charge < -0.3 is 0 Å². The monoisotopic (exact) mass is 466 g/mol. The van der Waals surface area contributed by atoms with Crippen LogP contribution < -0.4 is 0 Å². The normalized spacial score (nSPS) is 23.1. The third-order valence-electron chi connectivity index (χ3n) is 7.59. The van der Waals surface area contributed by atoms with Gasteiger partial charge in [0.25, 0.3) is 0 Å². The number of rotatable bonds is 3. The SMILES string of the molecule is CC1=C(C)C(C)[C]([Zr]([CH3])([CH3])(=[SiH2])[CH]2C(C)=C(c3ccco3)c3ccccc32)=C1C. The van der Waals surface area contributed by atoms with E-state index in [0.29, 0.717) is 9.54 Å². The van der Waals surface area contributed by atoms with E-state index in [9.17, 15) is 0 Å². The molecule has 2 aliphatic rings. The van der Waals surface area contributed by atoms with E-state index in [1.165, 1.54) is 27.8 Å². The molecule has 0 N–H and O–H groups in total. The average molecular weight is 468 g/mol. The Morgan fingerprint density at radius 3 is 2.14 bits per heavy atom. The average Bonchev–Trinajstić information content (AvgIpc) is 3.28. The van der Waals surface area contributed by atoms with Crippen LogP contribution in [-0.2, 0) is 17.4 Å². The Hall–Kier alpha value is -1.18. The number of benzene rings is 1. The van der Waals surface area contributed by atoms with Gasteiger partial charge in [0.1, 0.15) is 0 Å². The summed E-state index contributed by atoms with van der Waals surface area (Å²) in [5.74, 6) is 1.59. The van der Waals surface area contributed by atoms with E-state index in [-0.39, 0.29) is 0 Å². The van der Waals surface area contributed by atoms with Crippen molar-refractivity contribution in [2.45, 2.75) is 47.5 Å². The van der Waals surface area contributed by atoms with Crippen LogP contribution >= 0.6 is 0 Å². The molecule has 2 aliphatic carbocycles. The first kappa shape index (κ1) is 20.1. The Morgan fingerprint density at radius 1 is 0.893 bits per heavy atom. The third-order valence-corrected chi connectivity index (χ3v) is 25.0. The van der Waals surface area contributed by atoms with E-state index in [2.05, 4.69) is 81.1 Å². The minimum absolute atomic E-state index is 0.530. The molecule has 0 bridgehead atoms. The standard InChI is InChI=1S/C14H11O.C9H13.2CH3.H2Si.Zr/c1-10-9-11-5-2-3-6-12(11)14(10)13-7-4-8-15-13;1-6-5-7(2)9(4)8(6)3;;;;/h2-9H,1H3;6H,1-4H3;2*1H3;1H2;. The first-order valence-electron chi connectivity index (χ1n) is 10.3. The fourth-order valence-electron chi connectivity index (χ4n) is 6.35. The van der Waals surface area contributed by atoms with Crippen molar-refractivity contribution in [2.24, 2.45) is 5.92 Å². The van der Waals surface area contributed by atoms with Crippen LogP contribution in [0.15, 0.2) is 72.7 Å². The quantitative estimate of drug-likeness (QED) is 0.455. The summed E-state index contributed by atoms with van der Waals surface area (Å²) < 4.78 is 13.6. The molecular weight excluding hydrogens is 436 g/mol. The number of furan rings is 1. The molecular formula is C25H32OSiZr. The van der Waals surface area contributed by atoms with Gasteiger partial charge in [0.05, 0.1) is 0 Å². The van der Waals surface area contributed by atoms with Crippen molar-refractivity contribution in [3.05, 3.63) is 85.1 Å². The zero-order valence-corrected chi connectivity index (χ0v) is 22.2. The molecule has 0 radical (unpaired) electrons. The summed E-state index contributed by atoms with van der Waals surface area (Å²) in [4.78, 5) is 0. The third kappa shape index (κ3) is 2.66. The molecule has 1 aromatic heterocycles. The Bertz CT molecular complexity index is 1130. The van der Waals surface area contributed by atoms with Gasteiger partial charge in [-0.05, 0) is 0 Å². The Kier molecular flexibility index (Phi) is 4.60. The predicted molar refractivity (Wildman–Crippen MR) is 120 cm³/mol. The first-order valence-corrected chi connectivity index (χ1v) is 23.8. The van der Waals surface area contributed by atoms with Crippen LogP contribution in [0.2, 0.25) is 9.26 Å². The molecule has 4 rings (SSSR count).